The van der Waals surface area contributed by atoms with Crippen LogP contribution in [0.1, 0.15) is 0 Å². The molecule has 0 rings (SSSR count). The first-order chi connectivity index (χ1) is 9.24. The molecule has 0 unspecified atom stereocenters. The minimum atomic E-state index is -0.125. The van der Waals surface area contributed by atoms with E-state index in [0.717, 1.165) is 0 Å². The Labute approximate surface area is 112 Å². The van der Waals surface area contributed by atoms with Gasteiger partial charge in [0.05, 0.1) is 52.9 Å². The summed E-state index contributed by atoms with van der Waals surface area (Å²) in [5, 5.41) is 47.0. The zero-order chi connectivity index (χ0) is 15.2. The highest BCUT2D eigenvalue weighted by Crippen LogP contribution is 1.79. The quantitative estimate of drug-likeness (QED) is 0.181. The van der Waals surface area contributed by atoms with Crippen LogP contribution in [-0.2, 0) is 14.2 Å². The lowest BCUT2D eigenvalue weighted by atomic mass is 10.8. The fourth-order valence-corrected chi connectivity index (χ4v) is 0.399. The maximum absolute atomic E-state index is 8.26. The van der Waals surface area contributed by atoms with Crippen LogP contribution in [0.2, 0.25) is 0 Å². The largest absolute Gasteiger partial charge is 0.394 e. The average molecular weight is 290 g/mol. The monoisotopic (exact) mass is 290 g/mol. The van der Waals surface area contributed by atoms with E-state index in [1.807, 2.05) is 0 Å². The summed E-state index contributed by atoms with van der Waals surface area (Å²) in [6.45, 7) is 0.208. The van der Waals surface area contributed by atoms with Crippen LogP contribution >= 0.6 is 0 Å². The van der Waals surface area contributed by atoms with Gasteiger partial charge in [-0.15, -0.1) is 0 Å². The fourth-order valence-electron chi connectivity index (χ4n) is 0.399. The maximum Gasteiger partial charge on any atom is 0.149 e. The minimum absolute atomic E-state index is 0.0130. The van der Waals surface area contributed by atoms with Crippen LogP contribution in [-0.4, -0.2) is 97.1 Å². The highest BCUT2D eigenvalue weighted by molar-refractivity contribution is 4.19. The zero-order valence-electron chi connectivity index (χ0n) is 11.0. The van der Waals surface area contributed by atoms with E-state index in [0.29, 0.717) is 0 Å². The Balaban J connectivity index is -0.000000264. The van der Waals surface area contributed by atoms with Crippen LogP contribution in [0.25, 0.3) is 0 Å². The lowest BCUT2D eigenvalue weighted by molar-refractivity contribution is -0.137. The van der Waals surface area contributed by atoms with Crippen LogP contribution in [0.3, 0.4) is 0 Å². The third kappa shape index (κ3) is 46.4. The van der Waals surface area contributed by atoms with Gasteiger partial charge in [0.2, 0.25) is 0 Å². The summed E-state index contributed by atoms with van der Waals surface area (Å²) in [5.41, 5.74) is 0. The van der Waals surface area contributed by atoms with E-state index < -0.39 is 0 Å². The first-order valence-electron chi connectivity index (χ1n) is 5.63. The Hall–Kier alpha value is -0.360. The number of rotatable bonds is 10. The van der Waals surface area contributed by atoms with Crippen LogP contribution in [0, 0.1) is 0 Å². The van der Waals surface area contributed by atoms with Gasteiger partial charge in [-0.2, -0.15) is 0 Å². The average Bonchev–Trinajstić information content (AvgIpc) is 2.47. The predicted molar refractivity (Wildman–Crippen MR) is 65.2 cm³/mol. The lowest BCUT2D eigenvalue weighted by Gasteiger charge is -2.03. The molecule has 0 fully saturated rings. The Bertz CT molecular complexity index is 99.2. The van der Waals surface area contributed by atoms with Crippen LogP contribution < -0.4 is 0 Å². The minimum Gasteiger partial charge on any atom is -0.394 e. The van der Waals surface area contributed by atoms with Gasteiger partial charge in [-0.1, -0.05) is 0 Å². The molecule has 0 radical (unpaired) electrons. The van der Waals surface area contributed by atoms with Gasteiger partial charge < -0.3 is 44.8 Å². The van der Waals surface area contributed by atoms with Crippen molar-refractivity contribution in [3.8, 4) is 0 Å². The van der Waals surface area contributed by atoms with E-state index in [9.17, 15) is 0 Å². The first kappa shape index (κ1) is 23.7. The van der Waals surface area contributed by atoms with E-state index >= 15 is 0 Å². The first-order valence-corrected chi connectivity index (χ1v) is 5.63. The van der Waals surface area contributed by atoms with E-state index in [2.05, 4.69) is 0 Å². The Morgan fingerprint density at radius 3 is 0.947 bits per heavy atom. The molecule has 0 aromatic carbocycles. The van der Waals surface area contributed by atoms with Gasteiger partial charge in [-0.3, -0.25) is 0 Å². The second-order valence-electron chi connectivity index (χ2n) is 2.60. The number of hydrogen-bond acceptors (Lipinski definition) is 9. The molecule has 0 heterocycles. The van der Waals surface area contributed by atoms with Gasteiger partial charge in [0.15, 0.2) is 0 Å². The van der Waals surface area contributed by atoms with Crippen molar-refractivity contribution in [2.45, 2.75) is 0 Å². The summed E-state index contributed by atoms with van der Waals surface area (Å²) in [4.78, 5) is 0. The number of ether oxygens (including phenoxy) is 3. The van der Waals surface area contributed by atoms with E-state index in [1.54, 1.807) is 0 Å². The molecule has 0 aliphatic rings. The lowest BCUT2D eigenvalue weighted by Crippen LogP contribution is -2.08. The molecular weight excluding hydrogens is 264 g/mol. The molecule has 19 heavy (non-hydrogen) atoms. The highest BCUT2D eigenvalue weighted by Gasteiger charge is 1.87. The smallest absolute Gasteiger partial charge is 0.149 e. The van der Waals surface area contributed by atoms with E-state index in [4.69, 9.17) is 44.8 Å². The molecule has 0 atom stereocenters. The van der Waals surface area contributed by atoms with Crippen molar-refractivity contribution in [2.75, 3.05) is 66.4 Å². The molecule has 0 bridgehead atoms. The molecule has 0 aromatic rings. The Kier molecular flexibility index (Phi) is 38.2. The van der Waals surface area contributed by atoms with Crippen molar-refractivity contribution in [3.63, 3.8) is 0 Å². The van der Waals surface area contributed by atoms with Crippen LogP contribution in [0.4, 0.5) is 0 Å². The Morgan fingerprint density at radius 1 is 0.421 bits per heavy atom. The SMILES string of the molecule is OCCO.OCCO.OCCOCOCOCCO. The van der Waals surface area contributed by atoms with E-state index in [-0.39, 0.29) is 66.4 Å². The molecule has 0 aromatic heterocycles. The fraction of sp³-hybridized carbons (Fsp3) is 1.00. The third-order valence-corrected chi connectivity index (χ3v) is 1.00. The normalized spacial score (nSPS) is 9.16. The number of aliphatic hydroxyl groups excluding tert-OH is 6. The molecule has 6 N–H and O–H groups in total. The van der Waals surface area contributed by atoms with Gasteiger partial charge in [-0.25, -0.2) is 0 Å². The van der Waals surface area contributed by atoms with Crippen molar-refractivity contribution in [1.29, 1.82) is 0 Å². The predicted octanol–water partition coefficient (Wildman–Crippen LogP) is -3.12. The standard InChI is InChI=1S/C6H14O5.2C2H6O2/c7-1-3-9-5-11-6-10-4-2-8;2*3-1-2-4/h7-8H,1-6H2;2*3-4H,1-2H2. The summed E-state index contributed by atoms with van der Waals surface area (Å²) >= 11 is 0. The van der Waals surface area contributed by atoms with Gasteiger partial charge in [0.25, 0.3) is 0 Å². The summed E-state index contributed by atoms with van der Waals surface area (Å²) in [6.07, 6.45) is 0. The summed E-state index contributed by atoms with van der Waals surface area (Å²) in [6, 6.07) is 0. The Morgan fingerprint density at radius 2 is 0.737 bits per heavy atom. The highest BCUT2D eigenvalue weighted by atomic mass is 16.7. The summed E-state index contributed by atoms with van der Waals surface area (Å²) < 4.78 is 14.3. The van der Waals surface area contributed by atoms with Crippen molar-refractivity contribution in [3.05, 3.63) is 0 Å². The molecule has 0 amide bonds. The molecule has 9 heteroatoms. The molecule has 0 aliphatic carbocycles. The molecule has 0 spiro atoms. The number of aliphatic hydroxyl groups is 6. The third-order valence-electron chi connectivity index (χ3n) is 1.00. The van der Waals surface area contributed by atoms with Gasteiger partial charge >= 0.3 is 0 Å². The molecule has 9 nitrogen and oxygen atoms in total. The van der Waals surface area contributed by atoms with Crippen LogP contribution in [0.15, 0.2) is 0 Å². The molecule has 0 aliphatic heterocycles. The van der Waals surface area contributed by atoms with Crippen molar-refractivity contribution in [1.82, 2.24) is 0 Å². The number of hydrogen-bond donors (Lipinski definition) is 6. The van der Waals surface area contributed by atoms with Gasteiger partial charge in [0, 0.05) is 0 Å². The van der Waals surface area contributed by atoms with Crippen LogP contribution in [0.5, 0.6) is 0 Å². The molecule has 120 valence electrons. The van der Waals surface area contributed by atoms with Gasteiger partial charge in [0.1, 0.15) is 13.6 Å². The topological polar surface area (TPSA) is 149 Å². The maximum atomic E-state index is 8.26. The van der Waals surface area contributed by atoms with Crippen molar-refractivity contribution in [2.24, 2.45) is 0 Å². The van der Waals surface area contributed by atoms with E-state index in [1.165, 1.54) is 0 Å². The summed E-state index contributed by atoms with van der Waals surface area (Å²) in [7, 11) is 0. The van der Waals surface area contributed by atoms with Crippen molar-refractivity contribution < 1.29 is 44.8 Å². The van der Waals surface area contributed by atoms with Gasteiger partial charge in [-0.05, 0) is 0 Å². The second-order valence-corrected chi connectivity index (χ2v) is 2.60. The zero-order valence-corrected chi connectivity index (χ0v) is 11.0. The van der Waals surface area contributed by atoms with Crippen molar-refractivity contribution >= 4 is 0 Å². The second kappa shape index (κ2) is 30.6. The molecule has 0 saturated heterocycles. The summed E-state index contributed by atoms with van der Waals surface area (Å²) in [5.74, 6) is 0. The molecule has 0 saturated carbocycles. The molecular formula is C10H26O9.